The largest absolute Gasteiger partial charge is 0.497 e. The van der Waals surface area contributed by atoms with E-state index in [-0.39, 0.29) is 0 Å². The minimum atomic E-state index is 0.316. The van der Waals surface area contributed by atoms with Gasteiger partial charge in [-0.3, -0.25) is 0 Å². The summed E-state index contributed by atoms with van der Waals surface area (Å²) in [5, 5.41) is 2.34. The zero-order chi connectivity index (χ0) is 14.1. The van der Waals surface area contributed by atoms with Crippen LogP contribution in [-0.2, 0) is 0 Å². The summed E-state index contributed by atoms with van der Waals surface area (Å²) in [6.45, 7) is 3.20. The van der Waals surface area contributed by atoms with E-state index in [9.17, 15) is 0 Å². The standard InChI is InChI=1S/C16H21N3O/c1-11-9-13(17)6-8-19(11)16-15-4-3-14(20-2)10-12(15)5-7-18-16/h3-5,7,10-11,13H,6,8-9,17H2,1-2H3. The van der Waals surface area contributed by atoms with Gasteiger partial charge in [0.25, 0.3) is 0 Å². The van der Waals surface area contributed by atoms with Crippen molar-refractivity contribution in [1.82, 2.24) is 4.98 Å². The van der Waals surface area contributed by atoms with Gasteiger partial charge in [0, 0.05) is 30.2 Å². The molecule has 1 fully saturated rings. The van der Waals surface area contributed by atoms with E-state index in [1.807, 2.05) is 18.3 Å². The van der Waals surface area contributed by atoms with Crippen molar-refractivity contribution in [2.75, 3.05) is 18.6 Å². The van der Waals surface area contributed by atoms with Gasteiger partial charge in [-0.1, -0.05) is 0 Å². The van der Waals surface area contributed by atoms with Crippen molar-refractivity contribution in [3.05, 3.63) is 30.5 Å². The predicted molar refractivity (Wildman–Crippen MR) is 82.3 cm³/mol. The Kier molecular flexibility index (Phi) is 3.49. The van der Waals surface area contributed by atoms with Crippen molar-refractivity contribution in [1.29, 1.82) is 0 Å². The van der Waals surface area contributed by atoms with E-state index < -0.39 is 0 Å². The first kappa shape index (κ1) is 13.2. The average molecular weight is 271 g/mol. The Morgan fingerprint density at radius 1 is 1.35 bits per heavy atom. The molecule has 4 nitrogen and oxygen atoms in total. The molecule has 0 radical (unpaired) electrons. The number of ether oxygens (including phenoxy) is 1. The summed E-state index contributed by atoms with van der Waals surface area (Å²) in [5.74, 6) is 1.94. The summed E-state index contributed by atoms with van der Waals surface area (Å²) in [7, 11) is 1.69. The lowest BCUT2D eigenvalue weighted by molar-refractivity contribution is 0.415. The molecule has 0 aliphatic carbocycles. The molecule has 0 amide bonds. The molecular formula is C16H21N3O. The highest BCUT2D eigenvalue weighted by Gasteiger charge is 2.25. The Labute approximate surface area is 119 Å². The van der Waals surface area contributed by atoms with Crippen LogP contribution in [0.4, 0.5) is 5.82 Å². The molecule has 2 heterocycles. The predicted octanol–water partition coefficient (Wildman–Crippen LogP) is 2.56. The van der Waals surface area contributed by atoms with Gasteiger partial charge in [0.2, 0.25) is 0 Å². The summed E-state index contributed by atoms with van der Waals surface area (Å²) < 4.78 is 5.29. The topological polar surface area (TPSA) is 51.4 Å². The smallest absolute Gasteiger partial charge is 0.136 e. The van der Waals surface area contributed by atoms with Gasteiger partial charge in [0.1, 0.15) is 11.6 Å². The normalized spacial score (nSPS) is 23.1. The molecule has 0 spiro atoms. The maximum absolute atomic E-state index is 6.05. The lowest BCUT2D eigenvalue weighted by Crippen LogP contribution is -2.46. The van der Waals surface area contributed by atoms with Crippen LogP contribution in [0.2, 0.25) is 0 Å². The molecule has 20 heavy (non-hydrogen) atoms. The van der Waals surface area contributed by atoms with Gasteiger partial charge in [-0.05, 0) is 49.4 Å². The van der Waals surface area contributed by atoms with Crippen LogP contribution in [0.25, 0.3) is 10.8 Å². The number of hydrogen-bond donors (Lipinski definition) is 1. The third kappa shape index (κ3) is 2.31. The molecule has 2 aromatic rings. The molecule has 4 heteroatoms. The fourth-order valence-corrected chi connectivity index (χ4v) is 3.02. The number of nitrogens with two attached hydrogens (primary N) is 1. The highest BCUT2D eigenvalue weighted by Crippen LogP contribution is 2.31. The number of methoxy groups -OCH3 is 1. The van der Waals surface area contributed by atoms with Gasteiger partial charge in [0.15, 0.2) is 0 Å². The van der Waals surface area contributed by atoms with Crippen molar-refractivity contribution in [2.45, 2.75) is 31.8 Å². The highest BCUT2D eigenvalue weighted by molar-refractivity contribution is 5.93. The average Bonchev–Trinajstić information content (AvgIpc) is 2.46. The Balaban J connectivity index is 2.03. The SMILES string of the molecule is COc1ccc2c(N3CCC(N)CC3C)nccc2c1. The number of nitrogens with zero attached hydrogens (tertiary/aromatic N) is 2. The van der Waals surface area contributed by atoms with E-state index in [0.717, 1.165) is 36.3 Å². The first-order valence-corrected chi connectivity index (χ1v) is 7.14. The van der Waals surface area contributed by atoms with Crippen LogP contribution in [0.5, 0.6) is 5.75 Å². The van der Waals surface area contributed by atoms with Crippen LogP contribution in [0, 0.1) is 0 Å². The van der Waals surface area contributed by atoms with Crippen molar-refractivity contribution in [2.24, 2.45) is 5.73 Å². The first-order valence-electron chi connectivity index (χ1n) is 7.14. The van der Waals surface area contributed by atoms with Crippen molar-refractivity contribution in [3.8, 4) is 5.75 Å². The Morgan fingerprint density at radius 2 is 2.20 bits per heavy atom. The summed E-state index contributed by atoms with van der Waals surface area (Å²) >= 11 is 0. The van der Waals surface area contributed by atoms with Gasteiger partial charge in [0.05, 0.1) is 7.11 Å². The van der Waals surface area contributed by atoms with Crippen LogP contribution < -0.4 is 15.4 Å². The number of benzene rings is 1. The number of hydrogen-bond acceptors (Lipinski definition) is 4. The zero-order valence-electron chi connectivity index (χ0n) is 12.0. The second-order valence-electron chi connectivity index (χ2n) is 5.55. The van der Waals surface area contributed by atoms with E-state index in [4.69, 9.17) is 10.5 Å². The molecule has 1 aromatic heterocycles. The van der Waals surface area contributed by atoms with Crippen LogP contribution in [0.3, 0.4) is 0 Å². The molecule has 1 aliphatic rings. The molecule has 1 saturated heterocycles. The van der Waals surface area contributed by atoms with Gasteiger partial charge in [-0.25, -0.2) is 4.98 Å². The summed E-state index contributed by atoms with van der Waals surface area (Å²) in [5.41, 5.74) is 6.05. The van der Waals surface area contributed by atoms with E-state index >= 15 is 0 Å². The van der Waals surface area contributed by atoms with E-state index in [2.05, 4.69) is 28.9 Å². The van der Waals surface area contributed by atoms with Crippen molar-refractivity contribution >= 4 is 16.6 Å². The maximum atomic E-state index is 6.05. The Hall–Kier alpha value is -1.81. The van der Waals surface area contributed by atoms with Gasteiger partial charge < -0.3 is 15.4 Å². The number of aromatic nitrogens is 1. The number of piperidine rings is 1. The minimum absolute atomic E-state index is 0.316. The molecule has 0 saturated carbocycles. The molecule has 1 aliphatic heterocycles. The third-order valence-corrected chi connectivity index (χ3v) is 4.14. The monoisotopic (exact) mass is 271 g/mol. The van der Waals surface area contributed by atoms with Gasteiger partial charge >= 0.3 is 0 Å². The van der Waals surface area contributed by atoms with Crippen molar-refractivity contribution < 1.29 is 4.74 Å². The summed E-state index contributed by atoms with van der Waals surface area (Å²) in [4.78, 5) is 6.98. The quantitative estimate of drug-likeness (QED) is 0.912. The van der Waals surface area contributed by atoms with Gasteiger partial charge in [-0.2, -0.15) is 0 Å². The van der Waals surface area contributed by atoms with E-state index in [0.29, 0.717) is 12.1 Å². The Bertz CT molecular complexity index is 614. The Morgan fingerprint density at radius 3 is 2.95 bits per heavy atom. The molecule has 106 valence electrons. The minimum Gasteiger partial charge on any atom is -0.497 e. The maximum Gasteiger partial charge on any atom is 0.136 e. The second-order valence-corrected chi connectivity index (χ2v) is 5.55. The first-order chi connectivity index (χ1) is 9.69. The highest BCUT2D eigenvalue weighted by atomic mass is 16.5. The molecule has 1 aromatic carbocycles. The number of rotatable bonds is 2. The van der Waals surface area contributed by atoms with E-state index in [1.54, 1.807) is 7.11 Å². The molecule has 3 rings (SSSR count). The fraction of sp³-hybridized carbons (Fsp3) is 0.438. The molecular weight excluding hydrogens is 250 g/mol. The van der Waals surface area contributed by atoms with Crippen LogP contribution in [-0.4, -0.2) is 30.7 Å². The van der Waals surface area contributed by atoms with Crippen LogP contribution >= 0.6 is 0 Å². The second kappa shape index (κ2) is 5.29. The molecule has 2 unspecified atom stereocenters. The molecule has 2 N–H and O–H groups in total. The molecule has 0 bridgehead atoms. The zero-order valence-corrected chi connectivity index (χ0v) is 12.0. The number of pyridine rings is 1. The van der Waals surface area contributed by atoms with Gasteiger partial charge in [-0.15, -0.1) is 0 Å². The number of anilines is 1. The fourth-order valence-electron chi connectivity index (χ4n) is 3.02. The van der Waals surface area contributed by atoms with Crippen molar-refractivity contribution in [3.63, 3.8) is 0 Å². The van der Waals surface area contributed by atoms with Crippen LogP contribution in [0.1, 0.15) is 19.8 Å². The lowest BCUT2D eigenvalue weighted by atomic mass is 9.98. The third-order valence-electron chi connectivity index (χ3n) is 4.14. The summed E-state index contributed by atoms with van der Waals surface area (Å²) in [6.07, 6.45) is 3.92. The van der Waals surface area contributed by atoms with Crippen LogP contribution in [0.15, 0.2) is 30.5 Å². The van der Waals surface area contributed by atoms with E-state index in [1.165, 1.54) is 5.39 Å². The summed E-state index contributed by atoms with van der Waals surface area (Å²) in [6, 6.07) is 8.92. The lowest BCUT2D eigenvalue weighted by Gasteiger charge is -2.37. The number of fused-ring (bicyclic) bond motifs is 1. The molecule has 2 atom stereocenters.